The maximum atomic E-state index is 12.5. The first-order valence-electron chi connectivity index (χ1n) is 5.90. The van der Waals surface area contributed by atoms with Crippen molar-refractivity contribution in [1.29, 1.82) is 5.26 Å². The Morgan fingerprint density at radius 2 is 2.21 bits per heavy atom. The monoisotopic (exact) mass is 281 g/mol. The second kappa shape index (κ2) is 5.67. The normalized spacial score (nSPS) is 20.9. The van der Waals surface area contributed by atoms with E-state index in [2.05, 4.69) is 0 Å². The van der Waals surface area contributed by atoms with Gasteiger partial charge in [-0.15, -0.1) is 0 Å². The van der Waals surface area contributed by atoms with Crippen LogP contribution in [0.25, 0.3) is 0 Å². The highest BCUT2D eigenvalue weighted by atomic mass is 32.2. The largest absolute Gasteiger partial charge is 0.374 e. The van der Waals surface area contributed by atoms with Crippen molar-refractivity contribution in [2.45, 2.75) is 11.0 Å². The summed E-state index contributed by atoms with van der Waals surface area (Å²) in [5, 5.41) is 9.00. The van der Waals surface area contributed by atoms with Crippen molar-refractivity contribution in [2.24, 2.45) is 5.73 Å². The molecule has 1 saturated heterocycles. The van der Waals surface area contributed by atoms with Crippen molar-refractivity contribution >= 4 is 10.0 Å². The quantitative estimate of drug-likeness (QED) is 0.835. The molecular formula is C12H15N3O3S. The molecule has 2 rings (SSSR count). The van der Waals surface area contributed by atoms with Crippen LogP contribution in [0.4, 0.5) is 0 Å². The number of hydrogen-bond donors (Lipinski definition) is 1. The lowest BCUT2D eigenvalue weighted by Crippen LogP contribution is -2.48. The first-order chi connectivity index (χ1) is 9.09. The van der Waals surface area contributed by atoms with E-state index in [4.69, 9.17) is 15.7 Å². The summed E-state index contributed by atoms with van der Waals surface area (Å²) in [5.74, 6) is 0. The highest BCUT2D eigenvalue weighted by Gasteiger charge is 2.31. The van der Waals surface area contributed by atoms with Crippen LogP contribution in [0.15, 0.2) is 29.2 Å². The molecule has 0 radical (unpaired) electrons. The number of morpholine rings is 1. The van der Waals surface area contributed by atoms with Crippen LogP contribution < -0.4 is 5.73 Å². The van der Waals surface area contributed by atoms with Crippen LogP contribution in [0.2, 0.25) is 0 Å². The van der Waals surface area contributed by atoms with Gasteiger partial charge in [-0.2, -0.15) is 9.57 Å². The van der Waals surface area contributed by atoms with Gasteiger partial charge < -0.3 is 10.5 Å². The molecule has 7 heteroatoms. The number of nitrogens with two attached hydrogens (primary N) is 1. The van der Waals surface area contributed by atoms with E-state index in [1.54, 1.807) is 12.1 Å². The van der Waals surface area contributed by atoms with Gasteiger partial charge in [0.05, 0.1) is 23.2 Å². The maximum absolute atomic E-state index is 12.5. The molecule has 1 unspecified atom stereocenters. The van der Waals surface area contributed by atoms with E-state index >= 15 is 0 Å². The van der Waals surface area contributed by atoms with E-state index in [0.717, 1.165) is 0 Å². The Morgan fingerprint density at radius 1 is 1.47 bits per heavy atom. The number of nitriles is 1. The standard InChI is InChI=1S/C12H15N3O3S/c13-7-10-3-1-2-4-12(10)19(16,17)15-5-6-18-11(8-14)9-15/h1-4,11H,5-6,8-9,14H2. The second-order valence-electron chi connectivity index (χ2n) is 4.20. The topological polar surface area (TPSA) is 96.4 Å². The Bertz CT molecular complexity index is 594. The Labute approximate surface area is 112 Å². The van der Waals surface area contributed by atoms with Gasteiger partial charge in [0, 0.05) is 19.6 Å². The minimum absolute atomic E-state index is 0.0372. The van der Waals surface area contributed by atoms with Gasteiger partial charge in [0.1, 0.15) is 6.07 Å². The zero-order chi connectivity index (χ0) is 13.9. The summed E-state index contributed by atoms with van der Waals surface area (Å²) in [6.07, 6.45) is -0.294. The Hall–Kier alpha value is -1.46. The van der Waals surface area contributed by atoms with Gasteiger partial charge in [0.2, 0.25) is 10.0 Å². The van der Waals surface area contributed by atoms with Crippen molar-refractivity contribution in [1.82, 2.24) is 4.31 Å². The van der Waals surface area contributed by atoms with Crippen LogP contribution in [-0.4, -0.2) is 45.1 Å². The lowest BCUT2D eigenvalue weighted by molar-refractivity contribution is 0.00450. The van der Waals surface area contributed by atoms with Gasteiger partial charge in [0.25, 0.3) is 0 Å². The van der Waals surface area contributed by atoms with Crippen LogP contribution in [0.5, 0.6) is 0 Å². The van der Waals surface area contributed by atoms with Crippen LogP contribution in [0, 0.1) is 11.3 Å². The Morgan fingerprint density at radius 3 is 2.89 bits per heavy atom. The van der Waals surface area contributed by atoms with Crippen LogP contribution in [0.3, 0.4) is 0 Å². The molecule has 1 aromatic carbocycles. The number of benzene rings is 1. The molecule has 0 aliphatic carbocycles. The minimum atomic E-state index is -3.67. The van der Waals surface area contributed by atoms with Crippen molar-refractivity contribution in [3.05, 3.63) is 29.8 Å². The van der Waals surface area contributed by atoms with E-state index in [9.17, 15) is 8.42 Å². The fourth-order valence-corrected chi connectivity index (χ4v) is 3.57. The molecule has 0 aromatic heterocycles. The highest BCUT2D eigenvalue weighted by Crippen LogP contribution is 2.21. The molecule has 1 atom stereocenters. The van der Waals surface area contributed by atoms with E-state index in [1.165, 1.54) is 16.4 Å². The maximum Gasteiger partial charge on any atom is 0.244 e. The Kier molecular flexibility index (Phi) is 4.17. The van der Waals surface area contributed by atoms with Gasteiger partial charge in [-0.3, -0.25) is 0 Å². The summed E-state index contributed by atoms with van der Waals surface area (Å²) in [4.78, 5) is 0.0372. The lowest BCUT2D eigenvalue weighted by Gasteiger charge is -2.31. The van der Waals surface area contributed by atoms with Crippen LogP contribution in [-0.2, 0) is 14.8 Å². The van der Waals surface area contributed by atoms with E-state index < -0.39 is 10.0 Å². The molecule has 1 aliphatic heterocycles. The minimum Gasteiger partial charge on any atom is -0.374 e. The molecule has 0 amide bonds. The summed E-state index contributed by atoms with van der Waals surface area (Å²) >= 11 is 0. The molecule has 102 valence electrons. The van der Waals surface area contributed by atoms with Gasteiger partial charge in [0.15, 0.2) is 0 Å². The average molecular weight is 281 g/mol. The van der Waals surface area contributed by atoms with Gasteiger partial charge >= 0.3 is 0 Å². The number of ether oxygens (including phenoxy) is 1. The predicted octanol–water partition coefficient (Wildman–Crippen LogP) is -0.0935. The van der Waals surface area contributed by atoms with Crippen molar-refractivity contribution in [3.63, 3.8) is 0 Å². The first-order valence-corrected chi connectivity index (χ1v) is 7.34. The highest BCUT2D eigenvalue weighted by molar-refractivity contribution is 7.89. The van der Waals surface area contributed by atoms with Crippen molar-refractivity contribution in [3.8, 4) is 6.07 Å². The van der Waals surface area contributed by atoms with E-state index in [-0.39, 0.29) is 36.2 Å². The molecule has 2 N–H and O–H groups in total. The molecule has 1 aliphatic rings. The molecule has 0 spiro atoms. The van der Waals surface area contributed by atoms with Gasteiger partial charge in [-0.05, 0) is 12.1 Å². The molecule has 1 fully saturated rings. The number of sulfonamides is 1. The average Bonchev–Trinajstić information content (AvgIpc) is 2.47. The lowest BCUT2D eigenvalue weighted by atomic mass is 10.2. The summed E-state index contributed by atoms with van der Waals surface area (Å²) in [5.41, 5.74) is 5.66. The fraction of sp³-hybridized carbons (Fsp3) is 0.417. The fourth-order valence-electron chi connectivity index (χ4n) is 1.98. The summed E-state index contributed by atoms with van der Waals surface area (Å²) < 4.78 is 31.7. The third-order valence-electron chi connectivity index (χ3n) is 2.99. The third kappa shape index (κ3) is 2.77. The number of rotatable bonds is 3. The third-order valence-corrected chi connectivity index (χ3v) is 4.91. The van der Waals surface area contributed by atoms with Gasteiger partial charge in [-0.1, -0.05) is 12.1 Å². The molecule has 0 saturated carbocycles. The van der Waals surface area contributed by atoms with Crippen LogP contribution in [0.1, 0.15) is 5.56 Å². The summed E-state index contributed by atoms with van der Waals surface area (Å²) in [6.45, 7) is 1.08. The molecule has 19 heavy (non-hydrogen) atoms. The zero-order valence-corrected chi connectivity index (χ0v) is 11.1. The van der Waals surface area contributed by atoms with E-state index in [1.807, 2.05) is 6.07 Å². The van der Waals surface area contributed by atoms with Crippen LogP contribution >= 0.6 is 0 Å². The molecule has 1 heterocycles. The number of nitrogens with zero attached hydrogens (tertiary/aromatic N) is 2. The Balaban J connectivity index is 2.35. The van der Waals surface area contributed by atoms with Crippen molar-refractivity contribution in [2.75, 3.05) is 26.2 Å². The number of hydrogen-bond acceptors (Lipinski definition) is 5. The molecule has 0 bridgehead atoms. The van der Waals surface area contributed by atoms with Gasteiger partial charge in [-0.25, -0.2) is 8.42 Å². The molecule has 1 aromatic rings. The second-order valence-corrected chi connectivity index (χ2v) is 6.11. The smallest absolute Gasteiger partial charge is 0.244 e. The zero-order valence-electron chi connectivity index (χ0n) is 10.3. The predicted molar refractivity (Wildman–Crippen MR) is 68.7 cm³/mol. The SMILES string of the molecule is N#Cc1ccccc1S(=O)(=O)N1CCOC(CN)C1. The first kappa shape index (κ1) is 14.0. The summed E-state index contributed by atoms with van der Waals surface area (Å²) in [6, 6.07) is 8.09. The van der Waals surface area contributed by atoms with Crippen molar-refractivity contribution < 1.29 is 13.2 Å². The molecule has 6 nitrogen and oxygen atoms in total. The summed E-state index contributed by atoms with van der Waals surface area (Å²) in [7, 11) is -3.67. The molecular weight excluding hydrogens is 266 g/mol. The van der Waals surface area contributed by atoms with E-state index in [0.29, 0.717) is 6.61 Å².